The smallest absolute Gasteiger partial charge is 0.228 e. The van der Waals surface area contributed by atoms with E-state index in [1.807, 2.05) is 0 Å². The first-order valence-corrected chi connectivity index (χ1v) is 4.36. The first kappa shape index (κ1) is 9.23. The Morgan fingerprint density at radius 1 is 1.67 bits per heavy atom. The number of hydrogen-bond acceptors (Lipinski definition) is 2. The van der Waals surface area contributed by atoms with E-state index in [9.17, 15) is 9.59 Å². The number of amides is 2. The largest absolute Gasteiger partial charge is 0.288 e. The minimum Gasteiger partial charge on any atom is -0.288 e. The molecule has 1 saturated carbocycles. The standard InChI is InChI=1S/C9H15NO2/c1-7-5-8(7)3-4-9(12)10(2)6-11/h6-8H,3-5H2,1-2H3/t7-,8?/m0/s1. The van der Waals surface area contributed by atoms with Gasteiger partial charge in [0.1, 0.15) is 0 Å². The van der Waals surface area contributed by atoms with Crippen molar-refractivity contribution < 1.29 is 9.59 Å². The summed E-state index contributed by atoms with van der Waals surface area (Å²) in [5, 5.41) is 0. The Balaban J connectivity index is 2.14. The van der Waals surface area contributed by atoms with Crippen LogP contribution >= 0.6 is 0 Å². The van der Waals surface area contributed by atoms with Gasteiger partial charge in [-0.1, -0.05) is 6.92 Å². The quantitative estimate of drug-likeness (QED) is 0.589. The van der Waals surface area contributed by atoms with Crippen molar-refractivity contribution >= 4 is 12.3 Å². The van der Waals surface area contributed by atoms with Gasteiger partial charge < -0.3 is 0 Å². The molecule has 0 bridgehead atoms. The lowest BCUT2D eigenvalue weighted by Gasteiger charge is -2.07. The van der Waals surface area contributed by atoms with E-state index in [2.05, 4.69) is 6.92 Å². The zero-order valence-corrected chi connectivity index (χ0v) is 7.62. The topological polar surface area (TPSA) is 37.4 Å². The molecule has 2 atom stereocenters. The first-order valence-electron chi connectivity index (χ1n) is 4.36. The van der Waals surface area contributed by atoms with Crippen molar-refractivity contribution in [3.8, 4) is 0 Å². The van der Waals surface area contributed by atoms with E-state index >= 15 is 0 Å². The molecule has 0 saturated heterocycles. The average molecular weight is 169 g/mol. The third-order valence-corrected chi connectivity index (χ3v) is 2.56. The highest BCUT2D eigenvalue weighted by Crippen LogP contribution is 2.41. The van der Waals surface area contributed by atoms with E-state index in [-0.39, 0.29) is 5.91 Å². The van der Waals surface area contributed by atoms with Crippen molar-refractivity contribution in [2.45, 2.75) is 26.2 Å². The van der Waals surface area contributed by atoms with Gasteiger partial charge in [-0.3, -0.25) is 14.5 Å². The fourth-order valence-corrected chi connectivity index (χ4v) is 1.35. The molecule has 3 heteroatoms. The van der Waals surface area contributed by atoms with E-state index in [0.717, 1.165) is 23.2 Å². The molecule has 1 unspecified atom stereocenters. The lowest BCUT2D eigenvalue weighted by atomic mass is 10.2. The molecule has 2 amide bonds. The second kappa shape index (κ2) is 3.70. The van der Waals surface area contributed by atoms with Crippen molar-refractivity contribution in [1.82, 2.24) is 4.90 Å². The molecule has 12 heavy (non-hydrogen) atoms. The average Bonchev–Trinajstić information content (AvgIpc) is 2.76. The molecule has 1 aliphatic rings. The van der Waals surface area contributed by atoms with Crippen LogP contribution in [-0.2, 0) is 9.59 Å². The lowest BCUT2D eigenvalue weighted by Crippen LogP contribution is -2.24. The molecular formula is C9H15NO2. The second-order valence-electron chi connectivity index (χ2n) is 3.62. The Labute approximate surface area is 72.7 Å². The molecule has 0 aliphatic heterocycles. The molecule has 68 valence electrons. The summed E-state index contributed by atoms with van der Waals surface area (Å²) >= 11 is 0. The molecule has 0 aromatic heterocycles. The van der Waals surface area contributed by atoms with E-state index in [4.69, 9.17) is 0 Å². The monoisotopic (exact) mass is 169 g/mol. The summed E-state index contributed by atoms with van der Waals surface area (Å²) in [7, 11) is 1.51. The van der Waals surface area contributed by atoms with Gasteiger partial charge in [0.05, 0.1) is 0 Å². The zero-order chi connectivity index (χ0) is 9.14. The maximum absolute atomic E-state index is 11.1. The fourth-order valence-electron chi connectivity index (χ4n) is 1.35. The van der Waals surface area contributed by atoms with Gasteiger partial charge in [-0.15, -0.1) is 0 Å². The van der Waals surface area contributed by atoms with Crippen molar-refractivity contribution in [1.29, 1.82) is 0 Å². The highest BCUT2D eigenvalue weighted by atomic mass is 16.2. The van der Waals surface area contributed by atoms with Gasteiger partial charge in [-0.2, -0.15) is 0 Å². The van der Waals surface area contributed by atoms with Crippen LogP contribution in [0.4, 0.5) is 0 Å². The summed E-state index contributed by atoms with van der Waals surface area (Å²) < 4.78 is 0. The molecule has 0 aromatic carbocycles. The zero-order valence-electron chi connectivity index (χ0n) is 7.62. The molecular weight excluding hydrogens is 154 g/mol. The first-order chi connectivity index (χ1) is 5.65. The van der Waals surface area contributed by atoms with Crippen molar-refractivity contribution in [3.05, 3.63) is 0 Å². The molecule has 1 aliphatic carbocycles. The summed E-state index contributed by atoms with van der Waals surface area (Å²) in [4.78, 5) is 22.4. The molecule has 0 spiro atoms. The Morgan fingerprint density at radius 3 is 2.67 bits per heavy atom. The minimum atomic E-state index is -0.0656. The van der Waals surface area contributed by atoms with Crippen LogP contribution in [0.15, 0.2) is 0 Å². The Hall–Kier alpha value is -0.860. The maximum atomic E-state index is 11.1. The van der Waals surface area contributed by atoms with Gasteiger partial charge in [0.2, 0.25) is 12.3 Å². The van der Waals surface area contributed by atoms with E-state index in [1.54, 1.807) is 0 Å². The number of rotatable bonds is 4. The van der Waals surface area contributed by atoms with Crippen LogP contribution in [0.5, 0.6) is 0 Å². The molecule has 0 radical (unpaired) electrons. The number of nitrogens with zero attached hydrogens (tertiary/aromatic N) is 1. The third kappa shape index (κ3) is 2.32. The van der Waals surface area contributed by atoms with Crippen LogP contribution in [0.1, 0.15) is 26.2 Å². The molecule has 1 fully saturated rings. The van der Waals surface area contributed by atoms with Gasteiger partial charge in [-0.05, 0) is 24.7 Å². The molecule has 0 N–H and O–H groups in total. The van der Waals surface area contributed by atoms with Gasteiger partial charge in [0.15, 0.2) is 0 Å². The summed E-state index contributed by atoms with van der Waals surface area (Å²) in [5.41, 5.74) is 0. The normalized spacial score (nSPS) is 26.5. The Bertz CT molecular complexity index is 191. The van der Waals surface area contributed by atoms with Crippen molar-refractivity contribution in [2.75, 3.05) is 7.05 Å². The summed E-state index contributed by atoms with van der Waals surface area (Å²) in [6.07, 6.45) is 3.28. The predicted molar refractivity (Wildman–Crippen MR) is 45.3 cm³/mol. The van der Waals surface area contributed by atoms with Crippen molar-refractivity contribution in [2.24, 2.45) is 11.8 Å². The molecule has 1 rings (SSSR count). The SMILES string of the molecule is C[C@H]1CC1CCC(=O)N(C)C=O. The van der Waals surface area contributed by atoms with Crippen LogP contribution in [-0.4, -0.2) is 24.3 Å². The summed E-state index contributed by atoms with van der Waals surface area (Å²) in [6.45, 7) is 2.19. The number of carbonyl (C=O) groups is 2. The third-order valence-electron chi connectivity index (χ3n) is 2.56. The highest BCUT2D eigenvalue weighted by Gasteiger charge is 2.32. The Morgan fingerprint density at radius 2 is 2.25 bits per heavy atom. The Kier molecular flexibility index (Phi) is 2.84. The highest BCUT2D eigenvalue weighted by molar-refractivity contribution is 5.85. The van der Waals surface area contributed by atoms with Gasteiger partial charge >= 0.3 is 0 Å². The minimum absolute atomic E-state index is 0.0656. The molecule has 0 aromatic rings. The number of hydrogen-bond donors (Lipinski definition) is 0. The van der Waals surface area contributed by atoms with Crippen LogP contribution in [0.3, 0.4) is 0 Å². The van der Waals surface area contributed by atoms with Crippen LogP contribution < -0.4 is 0 Å². The summed E-state index contributed by atoms with van der Waals surface area (Å²) in [6, 6.07) is 0. The van der Waals surface area contributed by atoms with E-state index in [1.165, 1.54) is 13.5 Å². The maximum Gasteiger partial charge on any atom is 0.228 e. The second-order valence-corrected chi connectivity index (χ2v) is 3.62. The summed E-state index contributed by atoms with van der Waals surface area (Å²) in [5.74, 6) is 1.46. The van der Waals surface area contributed by atoms with Crippen LogP contribution in [0, 0.1) is 11.8 Å². The van der Waals surface area contributed by atoms with Gasteiger partial charge in [0, 0.05) is 13.5 Å². The van der Waals surface area contributed by atoms with E-state index in [0.29, 0.717) is 12.8 Å². The van der Waals surface area contributed by atoms with Gasteiger partial charge in [0.25, 0.3) is 0 Å². The van der Waals surface area contributed by atoms with Crippen molar-refractivity contribution in [3.63, 3.8) is 0 Å². The van der Waals surface area contributed by atoms with Gasteiger partial charge in [-0.25, -0.2) is 0 Å². The lowest BCUT2D eigenvalue weighted by molar-refractivity contribution is -0.136. The van der Waals surface area contributed by atoms with Crippen LogP contribution in [0.2, 0.25) is 0 Å². The molecule has 3 nitrogen and oxygen atoms in total. The fraction of sp³-hybridized carbons (Fsp3) is 0.778. The number of carbonyl (C=O) groups excluding carboxylic acids is 2. The van der Waals surface area contributed by atoms with Crippen LogP contribution in [0.25, 0.3) is 0 Å². The number of imide groups is 1. The van der Waals surface area contributed by atoms with E-state index < -0.39 is 0 Å². The molecule has 0 heterocycles. The predicted octanol–water partition coefficient (Wildman–Crippen LogP) is 1.04.